The first-order valence-corrected chi connectivity index (χ1v) is 20.9. The van der Waals surface area contributed by atoms with Gasteiger partial charge in [0.05, 0.1) is 0 Å². The monoisotopic (exact) mass is 851 g/mol. The van der Waals surface area contributed by atoms with Crippen molar-refractivity contribution < 1.29 is 22.7 Å². The lowest BCUT2D eigenvalue weighted by molar-refractivity contribution is -0.360. The van der Waals surface area contributed by atoms with E-state index in [1.807, 2.05) is 63.1 Å². The Morgan fingerprint density at radius 3 is 2.59 bits per heavy atom. The van der Waals surface area contributed by atoms with E-state index < -0.39 is 18.4 Å². The number of H-pyrrole nitrogens is 2. The average molecular weight is 852 g/mol. The summed E-state index contributed by atoms with van der Waals surface area (Å²) in [5.74, 6) is 1.39. The second-order valence-corrected chi connectivity index (χ2v) is 17.2. The van der Waals surface area contributed by atoms with Gasteiger partial charge in [0.1, 0.15) is 11.7 Å². The Kier molecular flexibility index (Phi) is 11.5. The van der Waals surface area contributed by atoms with E-state index in [4.69, 9.17) is 16.6 Å². The molecule has 6 heterocycles. The molecular weight excluding hydrogens is 803 g/mol. The molecule has 1 atom stereocenters. The number of benzene rings is 1. The van der Waals surface area contributed by atoms with Crippen LogP contribution < -0.4 is 26.2 Å². The van der Waals surface area contributed by atoms with Crippen molar-refractivity contribution in [3.8, 4) is 0 Å². The van der Waals surface area contributed by atoms with Gasteiger partial charge >= 0.3 is 6.97 Å². The summed E-state index contributed by atoms with van der Waals surface area (Å²) in [5.41, 5.74) is 3.87. The maximum atomic E-state index is 15.9. The Bertz CT molecular complexity index is 2520. The molecular formula is C42H49BClF2N13O2. The molecule has 1 aromatic carbocycles. The highest BCUT2D eigenvalue weighted by atomic mass is 35.5. The molecule has 2 amide bonds. The Morgan fingerprint density at radius 1 is 1.05 bits per heavy atom. The number of anilines is 4. The first kappa shape index (κ1) is 41.4. The molecule has 0 unspecified atom stereocenters. The standard InChI is InChI=1S/C42H49BClF2N13O2/c1-42(2,3)37(51-40-52-39(50-35-23-33(55-56-35)27-13-14-27)53-41(54-40)57(4)25-28-9-5-6-10-31(28)44)38(61)49-20-8-19-48-36(60)17-12-26-21-30-22-29-15-16-34(32-11-7-18-47-32)59(29)43(45,46)58(30)24-26/h5-7,9-11,15-16,18,21-24,27,37,47H,8,12-14,17,19-20,25H2,1-4H3,(H,48,60)(H,49,61)(H3,50,51,52,53,54,55,56)/t37-/m1/s1. The van der Waals surface area contributed by atoms with E-state index in [1.165, 1.54) is 6.20 Å². The Labute approximate surface area is 357 Å². The average Bonchev–Trinajstić information content (AvgIpc) is 3.62. The molecule has 0 saturated heterocycles. The number of nitrogens with one attached hydrogen (secondary N) is 6. The molecule has 61 heavy (non-hydrogen) atoms. The number of carbonyl (C=O) groups excluding carboxylic acids is 2. The first-order chi connectivity index (χ1) is 29.2. The number of nitrogens with zero attached hydrogens (tertiary/aromatic N) is 7. The van der Waals surface area contributed by atoms with Crippen LogP contribution in [0, 0.1) is 5.41 Å². The predicted molar refractivity (Wildman–Crippen MR) is 233 cm³/mol. The lowest BCUT2D eigenvalue weighted by atomic mass is 9.86. The molecule has 1 fully saturated rings. The SMILES string of the molecule is CN(Cc1ccccc1Cl)c1nc(Nc2cc(C3CC3)[nH]n2)nc(N[C@H](C(=O)NCCCNC(=O)CCc2cc3n(c2)[B-](F)(F)[N+]2=C(c4ccc[nH]4)C=CC2=C3)C(C)(C)C)n1. The van der Waals surface area contributed by atoms with Crippen LogP contribution in [0.15, 0.2) is 78.8 Å². The van der Waals surface area contributed by atoms with Crippen molar-refractivity contribution in [2.45, 2.75) is 71.4 Å². The summed E-state index contributed by atoms with van der Waals surface area (Å²) in [6.45, 7) is 2.74. The number of aryl methyl sites for hydroxylation is 1. The van der Waals surface area contributed by atoms with Gasteiger partial charge in [-0.05, 0) is 72.7 Å². The number of aromatic amines is 2. The zero-order valence-electron chi connectivity index (χ0n) is 34.5. The fraction of sp³-hybridized carbons (Fsp3) is 0.357. The summed E-state index contributed by atoms with van der Waals surface area (Å²) in [6.07, 6.45) is 11.4. The second-order valence-electron chi connectivity index (χ2n) is 16.8. The van der Waals surface area contributed by atoms with Crippen molar-refractivity contribution in [1.82, 2.24) is 45.2 Å². The highest BCUT2D eigenvalue weighted by molar-refractivity contribution is 6.58. The third kappa shape index (κ3) is 9.38. The molecule has 8 rings (SSSR count). The number of hydrogen-bond acceptors (Lipinski definition) is 9. The van der Waals surface area contributed by atoms with Gasteiger partial charge in [0.2, 0.25) is 29.7 Å². The molecule has 1 saturated carbocycles. The molecule has 2 aliphatic heterocycles. The van der Waals surface area contributed by atoms with Crippen LogP contribution in [0.3, 0.4) is 0 Å². The van der Waals surface area contributed by atoms with Crippen molar-refractivity contribution in [3.63, 3.8) is 0 Å². The second kappa shape index (κ2) is 17.0. The molecule has 0 spiro atoms. The number of aromatic nitrogens is 7. The van der Waals surface area contributed by atoms with Crippen LogP contribution >= 0.6 is 11.6 Å². The third-order valence-corrected chi connectivity index (χ3v) is 11.3. The van der Waals surface area contributed by atoms with Crippen molar-refractivity contribution in [2.24, 2.45) is 5.41 Å². The van der Waals surface area contributed by atoms with Crippen LogP contribution in [-0.2, 0) is 22.6 Å². The number of carbonyl (C=O) groups is 2. The number of halogens is 3. The molecule has 0 bridgehead atoms. The van der Waals surface area contributed by atoms with Gasteiger partial charge in [-0.3, -0.25) is 14.7 Å². The number of amides is 2. The Balaban J connectivity index is 0.854. The summed E-state index contributed by atoms with van der Waals surface area (Å²) < 4.78 is 33.8. The van der Waals surface area contributed by atoms with E-state index in [-0.39, 0.29) is 30.1 Å². The summed E-state index contributed by atoms with van der Waals surface area (Å²) in [6, 6.07) is 14.0. The van der Waals surface area contributed by atoms with E-state index >= 15 is 8.63 Å². The van der Waals surface area contributed by atoms with Crippen molar-refractivity contribution in [1.29, 1.82) is 0 Å². The van der Waals surface area contributed by atoms with Crippen molar-refractivity contribution >= 4 is 65.8 Å². The van der Waals surface area contributed by atoms with Crippen LogP contribution in [0.1, 0.15) is 80.6 Å². The molecule has 1 aliphatic carbocycles. The van der Waals surface area contributed by atoms with Gasteiger partial charge in [-0.15, -0.1) is 0 Å². The molecule has 318 valence electrons. The van der Waals surface area contributed by atoms with E-state index in [1.54, 1.807) is 42.6 Å². The predicted octanol–water partition coefficient (Wildman–Crippen LogP) is 6.37. The maximum Gasteiger partial charge on any atom is 0.737 e. The van der Waals surface area contributed by atoms with Crippen LogP contribution in [0.25, 0.3) is 6.08 Å². The Morgan fingerprint density at radius 2 is 1.84 bits per heavy atom. The van der Waals surface area contributed by atoms with Crippen LogP contribution in [0.5, 0.6) is 0 Å². The molecule has 15 nitrogen and oxygen atoms in total. The zero-order chi connectivity index (χ0) is 42.9. The fourth-order valence-corrected chi connectivity index (χ4v) is 7.69. The van der Waals surface area contributed by atoms with E-state index in [0.29, 0.717) is 83.5 Å². The third-order valence-electron chi connectivity index (χ3n) is 10.9. The zero-order valence-corrected chi connectivity index (χ0v) is 35.2. The molecule has 19 heteroatoms. The minimum Gasteiger partial charge on any atom is -0.396 e. The summed E-state index contributed by atoms with van der Waals surface area (Å²) >= 11 is 6.47. The molecule has 0 radical (unpaired) electrons. The van der Waals surface area contributed by atoms with E-state index in [2.05, 4.69) is 46.4 Å². The van der Waals surface area contributed by atoms with Gasteiger partial charge in [0.15, 0.2) is 17.2 Å². The first-order valence-electron chi connectivity index (χ1n) is 20.5. The topological polar surface area (TPSA) is 177 Å². The normalized spacial score (nSPS) is 15.8. The number of hydrogen-bond donors (Lipinski definition) is 6. The number of fused-ring (bicyclic) bond motifs is 2. The highest BCUT2D eigenvalue weighted by Crippen LogP contribution is 2.40. The fourth-order valence-electron chi connectivity index (χ4n) is 7.50. The quantitative estimate of drug-likeness (QED) is 0.0459. The number of allylic oxidation sites excluding steroid dienone is 2. The number of rotatable bonds is 17. The van der Waals surface area contributed by atoms with Gasteiger partial charge in [-0.2, -0.15) is 20.1 Å². The molecule has 3 aliphatic rings. The van der Waals surface area contributed by atoms with Gasteiger partial charge in [0, 0.05) is 85.9 Å². The molecule has 5 aromatic rings. The highest BCUT2D eigenvalue weighted by Gasteiger charge is 2.52. The van der Waals surface area contributed by atoms with Gasteiger partial charge in [-0.1, -0.05) is 50.6 Å². The summed E-state index contributed by atoms with van der Waals surface area (Å²) in [5, 5.41) is 20.4. The minimum absolute atomic E-state index is 0.130. The van der Waals surface area contributed by atoms with Crippen LogP contribution in [0.4, 0.5) is 32.3 Å². The minimum atomic E-state index is -4.14. The summed E-state index contributed by atoms with van der Waals surface area (Å²) in [7, 11) is 1.85. The van der Waals surface area contributed by atoms with E-state index in [0.717, 1.165) is 33.1 Å². The molecule has 6 N–H and O–H groups in total. The van der Waals surface area contributed by atoms with Crippen molar-refractivity contribution in [3.05, 3.63) is 112 Å². The van der Waals surface area contributed by atoms with E-state index in [9.17, 15) is 9.59 Å². The lowest BCUT2D eigenvalue weighted by Gasteiger charge is -2.30. The van der Waals surface area contributed by atoms with Gasteiger partial charge in [0.25, 0.3) is 0 Å². The van der Waals surface area contributed by atoms with Crippen LogP contribution in [-0.4, -0.2) is 89.8 Å². The Hall–Kier alpha value is -6.30. The lowest BCUT2D eigenvalue weighted by Crippen LogP contribution is -2.49. The van der Waals surface area contributed by atoms with Gasteiger partial charge < -0.3 is 48.7 Å². The maximum absolute atomic E-state index is 15.9. The van der Waals surface area contributed by atoms with Crippen LogP contribution in [0.2, 0.25) is 5.02 Å². The van der Waals surface area contributed by atoms with Crippen molar-refractivity contribution in [2.75, 3.05) is 35.7 Å². The smallest absolute Gasteiger partial charge is 0.396 e. The summed E-state index contributed by atoms with van der Waals surface area (Å²) in [4.78, 5) is 45.4. The molecule has 4 aromatic heterocycles. The largest absolute Gasteiger partial charge is 0.737 e. The van der Waals surface area contributed by atoms with Gasteiger partial charge in [-0.25, -0.2) is 0 Å².